The van der Waals surface area contributed by atoms with Crippen molar-refractivity contribution >= 4 is 17.8 Å². The van der Waals surface area contributed by atoms with Crippen molar-refractivity contribution < 1.29 is 50.2 Å². The van der Waals surface area contributed by atoms with E-state index in [1.54, 1.807) is 0 Å². The van der Waals surface area contributed by atoms with Gasteiger partial charge >= 0.3 is 18.4 Å². The van der Waals surface area contributed by atoms with Crippen molar-refractivity contribution in [1.82, 2.24) is 10.6 Å². The van der Waals surface area contributed by atoms with E-state index in [1.165, 1.54) is 20.8 Å². The molecular weight excluding hydrogens is 414 g/mol. The molecule has 0 aromatic heterocycles. The summed E-state index contributed by atoms with van der Waals surface area (Å²) >= 11 is 0. The molecule has 1 rings (SSSR count). The second-order valence-electron chi connectivity index (χ2n) is 7.45. The van der Waals surface area contributed by atoms with E-state index >= 15 is 0 Å². The van der Waals surface area contributed by atoms with Crippen molar-refractivity contribution in [2.75, 3.05) is 13.2 Å². The van der Waals surface area contributed by atoms with Gasteiger partial charge in [0.15, 0.2) is 5.78 Å². The Morgan fingerprint density at radius 2 is 1.69 bits per heavy atom. The molecule has 2 amide bonds. The van der Waals surface area contributed by atoms with Gasteiger partial charge in [-0.25, -0.2) is 4.79 Å². The van der Waals surface area contributed by atoms with Crippen molar-refractivity contribution in [3.63, 3.8) is 0 Å². The van der Waals surface area contributed by atoms with E-state index in [9.17, 15) is 40.7 Å². The van der Waals surface area contributed by atoms with Crippen LogP contribution in [0.15, 0.2) is 0 Å². The third-order valence-electron chi connectivity index (χ3n) is 3.75. The summed E-state index contributed by atoms with van der Waals surface area (Å²) in [4.78, 5) is 35.8. The second-order valence-corrected chi connectivity index (χ2v) is 7.45. The van der Waals surface area contributed by atoms with E-state index < -0.39 is 60.4 Å². The zero-order valence-corrected chi connectivity index (χ0v) is 15.9. The highest BCUT2D eigenvalue weighted by Gasteiger charge is 2.58. The lowest BCUT2D eigenvalue weighted by atomic mass is 9.96. The highest BCUT2D eigenvalue weighted by atomic mass is 19.4. The number of hydrogen-bond donors (Lipinski definition) is 2. The van der Waals surface area contributed by atoms with Crippen molar-refractivity contribution in [3.05, 3.63) is 0 Å². The Labute approximate surface area is 162 Å². The second kappa shape index (κ2) is 9.18. The normalized spacial score (nSPS) is 19.1. The first kappa shape index (κ1) is 25.0. The summed E-state index contributed by atoms with van der Waals surface area (Å²) in [7, 11) is 0. The maximum absolute atomic E-state index is 12.5. The van der Waals surface area contributed by atoms with Gasteiger partial charge in [0.25, 0.3) is 0 Å². The summed E-state index contributed by atoms with van der Waals surface area (Å²) in [5.41, 5.74) is -0.976. The zero-order valence-electron chi connectivity index (χ0n) is 15.9. The van der Waals surface area contributed by atoms with E-state index in [1.807, 2.05) is 0 Å². The lowest BCUT2D eigenvalue weighted by Crippen LogP contribution is -2.49. The van der Waals surface area contributed by atoms with Crippen LogP contribution in [-0.2, 0) is 19.1 Å². The van der Waals surface area contributed by atoms with Crippen molar-refractivity contribution in [1.29, 1.82) is 0 Å². The van der Waals surface area contributed by atoms with Crippen LogP contribution in [0.3, 0.4) is 0 Å². The Balaban J connectivity index is 2.88. The number of ether oxygens (including phenoxy) is 2. The van der Waals surface area contributed by atoms with Gasteiger partial charge in [0.05, 0.1) is 6.04 Å². The number of nitrogens with one attached hydrogen (secondary N) is 2. The topological polar surface area (TPSA) is 93.7 Å². The molecule has 1 aliphatic heterocycles. The molecule has 29 heavy (non-hydrogen) atoms. The van der Waals surface area contributed by atoms with Crippen LogP contribution in [0, 0.1) is 5.92 Å². The number of halogens is 6. The van der Waals surface area contributed by atoms with Gasteiger partial charge in [-0.05, 0) is 33.6 Å². The lowest BCUT2D eigenvalue weighted by molar-refractivity contribution is -0.319. The van der Waals surface area contributed by atoms with E-state index in [4.69, 9.17) is 4.74 Å². The van der Waals surface area contributed by atoms with Gasteiger partial charge in [0.2, 0.25) is 12.0 Å². The molecule has 0 aromatic carbocycles. The van der Waals surface area contributed by atoms with Gasteiger partial charge in [-0.2, -0.15) is 26.3 Å². The van der Waals surface area contributed by atoms with Crippen LogP contribution in [0.1, 0.15) is 33.6 Å². The number of amides is 2. The van der Waals surface area contributed by atoms with Crippen LogP contribution in [0.2, 0.25) is 0 Å². The minimum atomic E-state index is -5.78. The Morgan fingerprint density at radius 3 is 2.10 bits per heavy atom. The van der Waals surface area contributed by atoms with Gasteiger partial charge in [-0.15, -0.1) is 0 Å². The van der Waals surface area contributed by atoms with E-state index in [0.717, 1.165) is 0 Å². The molecule has 168 valence electrons. The average molecular weight is 436 g/mol. The van der Waals surface area contributed by atoms with Crippen molar-refractivity contribution in [3.8, 4) is 0 Å². The molecule has 0 spiro atoms. The minimum absolute atomic E-state index is 0.285. The number of ketones is 1. The molecule has 13 heteroatoms. The Hall–Kier alpha value is -2.05. The van der Waals surface area contributed by atoms with Gasteiger partial charge < -0.3 is 20.1 Å². The average Bonchev–Trinajstić information content (AvgIpc) is 2.87. The summed E-state index contributed by atoms with van der Waals surface area (Å²) in [5, 5.41) is 4.56. The molecule has 1 fully saturated rings. The molecule has 1 saturated heterocycles. The molecule has 0 aliphatic carbocycles. The maximum Gasteiger partial charge on any atom is 0.423 e. The van der Waals surface area contributed by atoms with E-state index in [2.05, 4.69) is 15.4 Å². The first-order valence-electron chi connectivity index (χ1n) is 8.55. The molecule has 7 nitrogen and oxygen atoms in total. The Morgan fingerprint density at radius 1 is 1.14 bits per heavy atom. The summed E-state index contributed by atoms with van der Waals surface area (Å²) in [6.07, 6.45) is -16.9. The SMILES string of the molecule is CC(C)(C)OC(=O)N[C@@H](C[C@@H]1CCNC1=O)C(=O)COC(C(F)(F)F)C(F)(F)F. The fraction of sp³-hybridized carbons (Fsp3) is 0.812. The smallest absolute Gasteiger partial charge is 0.423 e. The van der Waals surface area contributed by atoms with Crippen LogP contribution >= 0.6 is 0 Å². The fourth-order valence-corrected chi connectivity index (χ4v) is 2.52. The summed E-state index contributed by atoms with van der Waals surface area (Å²) in [6.45, 7) is 3.24. The number of alkyl carbamates (subject to hydrolysis) is 1. The molecule has 1 heterocycles. The van der Waals surface area contributed by atoms with Crippen molar-refractivity contribution in [2.24, 2.45) is 5.92 Å². The third-order valence-corrected chi connectivity index (χ3v) is 3.75. The molecule has 0 saturated carbocycles. The number of Topliss-reactive ketones (excluding diaryl/α,β-unsaturated/α-hetero) is 1. The maximum atomic E-state index is 12.5. The predicted octanol–water partition coefficient (Wildman–Crippen LogP) is 2.48. The zero-order chi connectivity index (χ0) is 22.6. The minimum Gasteiger partial charge on any atom is -0.444 e. The number of hydrogen-bond acceptors (Lipinski definition) is 5. The van der Waals surface area contributed by atoms with Crippen molar-refractivity contribution in [2.45, 2.75) is 63.7 Å². The summed E-state index contributed by atoms with van der Waals surface area (Å²) in [5.74, 6) is -2.45. The largest absolute Gasteiger partial charge is 0.444 e. The van der Waals surface area contributed by atoms with Gasteiger partial charge in [0, 0.05) is 12.5 Å². The summed E-state index contributed by atoms with van der Waals surface area (Å²) in [6, 6.07) is -1.57. The van der Waals surface area contributed by atoms with E-state index in [0.29, 0.717) is 0 Å². The molecule has 1 aliphatic rings. The van der Waals surface area contributed by atoms with Crippen LogP contribution < -0.4 is 10.6 Å². The molecule has 0 aromatic rings. The van der Waals surface area contributed by atoms with Crippen LogP contribution in [0.25, 0.3) is 0 Å². The van der Waals surface area contributed by atoms with E-state index in [-0.39, 0.29) is 19.4 Å². The number of rotatable bonds is 7. The van der Waals surface area contributed by atoms with Gasteiger partial charge in [0.1, 0.15) is 12.2 Å². The quantitative estimate of drug-likeness (QED) is 0.599. The first-order chi connectivity index (χ1) is 13.0. The number of carbonyl (C=O) groups is 3. The first-order valence-corrected chi connectivity index (χ1v) is 8.55. The fourth-order valence-electron chi connectivity index (χ4n) is 2.52. The Bertz CT molecular complexity index is 600. The van der Waals surface area contributed by atoms with Gasteiger partial charge in [-0.1, -0.05) is 0 Å². The Kier molecular flexibility index (Phi) is 7.91. The number of alkyl halides is 6. The molecule has 0 radical (unpaired) electrons. The molecule has 0 bridgehead atoms. The highest BCUT2D eigenvalue weighted by Crippen LogP contribution is 2.35. The number of carbonyl (C=O) groups excluding carboxylic acids is 3. The molecule has 2 atom stereocenters. The molecule has 0 unspecified atom stereocenters. The lowest BCUT2D eigenvalue weighted by Gasteiger charge is -2.26. The standard InChI is InChI=1S/C16H22F6N2O5/c1-14(2,3)29-13(27)24-9(6-8-4-5-23-11(8)26)10(25)7-28-12(15(17,18)19)16(20,21)22/h8-9,12H,4-7H2,1-3H3,(H,23,26)(H,24,27)/t8-,9-/m0/s1. The van der Waals surface area contributed by atoms with Crippen LogP contribution in [0.4, 0.5) is 31.1 Å². The van der Waals surface area contributed by atoms with Crippen LogP contribution in [-0.4, -0.2) is 61.0 Å². The monoisotopic (exact) mass is 436 g/mol. The third kappa shape index (κ3) is 8.46. The highest BCUT2D eigenvalue weighted by molar-refractivity contribution is 5.89. The van der Waals surface area contributed by atoms with Gasteiger partial charge in [-0.3, -0.25) is 9.59 Å². The predicted molar refractivity (Wildman–Crippen MR) is 85.7 cm³/mol. The summed E-state index contributed by atoms with van der Waals surface area (Å²) < 4.78 is 84.0. The molecule has 2 N–H and O–H groups in total. The molecular formula is C16H22F6N2O5. The van der Waals surface area contributed by atoms with Crippen LogP contribution in [0.5, 0.6) is 0 Å².